The molecule has 0 spiro atoms. The lowest BCUT2D eigenvalue weighted by molar-refractivity contribution is 0.291. The molecule has 0 aromatic carbocycles. The van der Waals surface area contributed by atoms with E-state index in [2.05, 4.69) is 26.2 Å². The Hall–Kier alpha value is -1.54. The number of halogens is 1. The fraction of sp³-hybridized carbons (Fsp3) is 0.583. The van der Waals surface area contributed by atoms with Gasteiger partial charge in [-0.1, -0.05) is 13.8 Å². The first-order chi connectivity index (χ1) is 8.69. The summed E-state index contributed by atoms with van der Waals surface area (Å²) in [5.74, 6) is 3.00. The molecule has 1 heterocycles. The van der Waals surface area contributed by atoms with Crippen molar-refractivity contribution in [2.75, 3.05) is 11.9 Å². The first-order valence-electron chi connectivity index (χ1n) is 5.94. The number of ether oxygens (including phenoxy) is 1. The Kier molecular flexibility index (Phi) is 6.23. The zero-order valence-corrected chi connectivity index (χ0v) is 11.4. The highest BCUT2D eigenvalue weighted by Gasteiger charge is 2.10. The number of nitrogens with zero attached hydrogens (tertiary/aromatic N) is 3. The standard InChI is InChI=1S/C12H17ClN4O/c1-4-7-9(6-3)14-11-15-10(13)16-12(17-11)18-8-5-2/h1,9H,5-8H2,2-3H3,(H,14,15,16,17). The predicted molar refractivity (Wildman–Crippen MR) is 71.8 cm³/mol. The van der Waals surface area contributed by atoms with Gasteiger partial charge in [-0.2, -0.15) is 15.0 Å². The Balaban J connectivity index is 2.75. The average Bonchev–Trinajstić information content (AvgIpc) is 2.35. The van der Waals surface area contributed by atoms with Gasteiger partial charge in [0.1, 0.15) is 0 Å². The molecule has 0 aliphatic carbocycles. The summed E-state index contributed by atoms with van der Waals surface area (Å²) in [5.41, 5.74) is 0. The van der Waals surface area contributed by atoms with Crippen LogP contribution in [0.2, 0.25) is 5.28 Å². The molecular weight excluding hydrogens is 252 g/mol. The highest BCUT2D eigenvalue weighted by atomic mass is 35.5. The molecule has 6 heteroatoms. The van der Waals surface area contributed by atoms with Crippen molar-refractivity contribution in [1.29, 1.82) is 0 Å². The number of rotatable bonds is 7. The van der Waals surface area contributed by atoms with Gasteiger partial charge in [-0.05, 0) is 24.4 Å². The topological polar surface area (TPSA) is 59.9 Å². The van der Waals surface area contributed by atoms with Crippen molar-refractivity contribution in [3.05, 3.63) is 5.28 Å². The molecule has 1 atom stereocenters. The molecule has 0 aliphatic heterocycles. The summed E-state index contributed by atoms with van der Waals surface area (Å²) < 4.78 is 5.32. The summed E-state index contributed by atoms with van der Waals surface area (Å²) in [6.45, 7) is 4.58. The van der Waals surface area contributed by atoms with Crippen LogP contribution in [0.1, 0.15) is 33.1 Å². The lowest BCUT2D eigenvalue weighted by atomic mass is 10.2. The third-order valence-corrected chi connectivity index (χ3v) is 2.38. The van der Waals surface area contributed by atoms with Gasteiger partial charge in [0.2, 0.25) is 11.2 Å². The minimum absolute atomic E-state index is 0.106. The van der Waals surface area contributed by atoms with Gasteiger partial charge in [0.25, 0.3) is 0 Å². The lowest BCUT2D eigenvalue weighted by Gasteiger charge is -2.14. The van der Waals surface area contributed by atoms with E-state index in [1.165, 1.54) is 0 Å². The largest absolute Gasteiger partial charge is 0.463 e. The Morgan fingerprint density at radius 2 is 2.17 bits per heavy atom. The smallest absolute Gasteiger partial charge is 0.322 e. The van der Waals surface area contributed by atoms with Crippen LogP contribution < -0.4 is 10.1 Å². The summed E-state index contributed by atoms with van der Waals surface area (Å²) in [6.07, 6.45) is 7.64. The Morgan fingerprint density at radius 3 is 2.78 bits per heavy atom. The highest BCUT2D eigenvalue weighted by Crippen LogP contribution is 2.13. The summed E-state index contributed by atoms with van der Waals surface area (Å²) in [4.78, 5) is 12.0. The molecular formula is C12H17ClN4O. The molecule has 1 aromatic rings. The molecule has 18 heavy (non-hydrogen) atoms. The van der Waals surface area contributed by atoms with Gasteiger partial charge in [-0.3, -0.25) is 0 Å². The van der Waals surface area contributed by atoms with Crippen LogP contribution in [0, 0.1) is 12.3 Å². The minimum Gasteiger partial charge on any atom is -0.463 e. The Morgan fingerprint density at radius 1 is 1.39 bits per heavy atom. The van der Waals surface area contributed by atoms with E-state index >= 15 is 0 Å². The summed E-state index contributed by atoms with van der Waals surface area (Å²) in [5, 5.41) is 3.22. The summed E-state index contributed by atoms with van der Waals surface area (Å²) in [7, 11) is 0. The van der Waals surface area contributed by atoms with Crippen molar-refractivity contribution < 1.29 is 4.74 Å². The monoisotopic (exact) mass is 268 g/mol. The molecule has 1 unspecified atom stereocenters. The van der Waals surface area contributed by atoms with Crippen molar-refractivity contribution >= 4 is 17.5 Å². The highest BCUT2D eigenvalue weighted by molar-refractivity contribution is 6.28. The van der Waals surface area contributed by atoms with E-state index in [4.69, 9.17) is 22.8 Å². The first kappa shape index (κ1) is 14.5. The number of hydrogen-bond acceptors (Lipinski definition) is 5. The Bertz CT molecular complexity index is 419. The zero-order chi connectivity index (χ0) is 13.4. The van der Waals surface area contributed by atoms with Gasteiger partial charge >= 0.3 is 6.01 Å². The van der Waals surface area contributed by atoms with Crippen molar-refractivity contribution in [1.82, 2.24) is 15.0 Å². The second-order valence-electron chi connectivity index (χ2n) is 3.72. The molecule has 0 saturated heterocycles. The van der Waals surface area contributed by atoms with Crippen LogP contribution in [0.4, 0.5) is 5.95 Å². The normalized spacial score (nSPS) is 11.7. The fourth-order valence-electron chi connectivity index (χ4n) is 1.28. The van der Waals surface area contributed by atoms with Gasteiger partial charge < -0.3 is 10.1 Å². The quantitative estimate of drug-likeness (QED) is 0.770. The molecule has 1 aromatic heterocycles. The van der Waals surface area contributed by atoms with Gasteiger partial charge in [0.05, 0.1) is 6.61 Å². The van der Waals surface area contributed by atoms with Crippen molar-refractivity contribution in [3.8, 4) is 18.4 Å². The average molecular weight is 269 g/mol. The van der Waals surface area contributed by atoms with Crippen molar-refractivity contribution in [3.63, 3.8) is 0 Å². The number of nitrogens with one attached hydrogen (secondary N) is 1. The molecule has 0 aliphatic rings. The lowest BCUT2D eigenvalue weighted by Crippen LogP contribution is -2.20. The third kappa shape index (κ3) is 4.76. The number of aromatic nitrogens is 3. The Labute approximate surface area is 112 Å². The molecule has 1 rings (SSSR count). The van der Waals surface area contributed by atoms with Crippen LogP contribution in [0.25, 0.3) is 0 Å². The van der Waals surface area contributed by atoms with E-state index in [0.29, 0.717) is 19.0 Å². The van der Waals surface area contributed by atoms with E-state index in [9.17, 15) is 0 Å². The van der Waals surface area contributed by atoms with E-state index in [0.717, 1.165) is 12.8 Å². The maximum absolute atomic E-state index is 5.81. The van der Waals surface area contributed by atoms with E-state index < -0.39 is 0 Å². The van der Waals surface area contributed by atoms with Crippen LogP contribution in [0.15, 0.2) is 0 Å². The minimum atomic E-state index is 0.106. The molecule has 0 fully saturated rings. The van der Waals surface area contributed by atoms with Crippen LogP contribution in [0.5, 0.6) is 6.01 Å². The predicted octanol–water partition coefficient (Wildman–Crippen LogP) is 2.53. The zero-order valence-electron chi connectivity index (χ0n) is 10.6. The maximum atomic E-state index is 5.81. The van der Waals surface area contributed by atoms with Gasteiger partial charge in [0.15, 0.2) is 0 Å². The van der Waals surface area contributed by atoms with Crippen LogP contribution >= 0.6 is 11.6 Å². The van der Waals surface area contributed by atoms with Gasteiger partial charge in [-0.15, -0.1) is 12.3 Å². The molecule has 0 radical (unpaired) electrons. The maximum Gasteiger partial charge on any atom is 0.322 e. The fourth-order valence-corrected chi connectivity index (χ4v) is 1.43. The van der Waals surface area contributed by atoms with E-state index in [1.807, 2.05) is 13.8 Å². The summed E-state index contributed by atoms with van der Waals surface area (Å²) >= 11 is 5.81. The SMILES string of the molecule is C#CCC(CC)Nc1nc(Cl)nc(OCCC)n1. The molecule has 98 valence electrons. The van der Waals surface area contributed by atoms with Crippen LogP contribution in [0.3, 0.4) is 0 Å². The second kappa shape index (κ2) is 7.72. The van der Waals surface area contributed by atoms with Gasteiger partial charge in [0, 0.05) is 12.5 Å². The third-order valence-electron chi connectivity index (χ3n) is 2.21. The number of hydrogen-bond donors (Lipinski definition) is 1. The molecule has 0 amide bonds. The molecule has 5 nitrogen and oxygen atoms in total. The van der Waals surface area contributed by atoms with Crippen LogP contribution in [-0.4, -0.2) is 27.6 Å². The van der Waals surface area contributed by atoms with E-state index in [-0.39, 0.29) is 17.3 Å². The second-order valence-corrected chi connectivity index (χ2v) is 4.05. The number of anilines is 1. The molecule has 1 N–H and O–H groups in total. The number of terminal acetylenes is 1. The van der Waals surface area contributed by atoms with Gasteiger partial charge in [-0.25, -0.2) is 0 Å². The van der Waals surface area contributed by atoms with E-state index in [1.54, 1.807) is 0 Å². The van der Waals surface area contributed by atoms with Crippen molar-refractivity contribution in [2.45, 2.75) is 39.2 Å². The first-order valence-corrected chi connectivity index (χ1v) is 6.31. The van der Waals surface area contributed by atoms with Crippen LogP contribution in [-0.2, 0) is 0 Å². The van der Waals surface area contributed by atoms with Crippen molar-refractivity contribution in [2.24, 2.45) is 0 Å². The summed E-state index contributed by atoms with van der Waals surface area (Å²) in [6, 6.07) is 0.349. The molecule has 0 bridgehead atoms. The molecule has 0 saturated carbocycles.